The standard InChI is InChI=1S/C10H10O2S/c1-13-9-5-4-7(11)6-2-3-8(12)10(6)9/h4-5,11H,2-3H2,1H3. The number of benzene rings is 1. The van der Waals surface area contributed by atoms with Crippen LogP contribution in [0, 0.1) is 0 Å². The molecule has 68 valence electrons. The first-order chi connectivity index (χ1) is 6.24. The van der Waals surface area contributed by atoms with E-state index in [1.807, 2.05) is 12.3 Å². The minimum Gasteiger partial charge on any atom is -0.508 e. The van der Waals surface area contributed by atoms with Crippen molar-refractivity contribution in [1.29, 1.82) is 0 Å². The van der Waals surface area contributed by atoms with E-state index >= 15 is 0 Å². The van der Waals surface area contributed by atoms with Crippen molar-refractivity contribution in [2.24, 2.45) is 0 Å². The molecule has 0 atom stereocenters. The highest BCUT2D eigenvalue weighted by molar-refractivity contribution is 7.98. The lowest BCUT2D eigenvalue weighted by Crippen LogP contribution is -1.94. The molecule has 0 unspecified atom stereocenters. The van der Waals surface area contributed by atoms with Crippen LogP contribution in [0.4, 0.5) is 0 Å². The molecule has 13 heavy (non-hydrogen) atoms. The molecule has 0 fully saturated rings. The van der Waals surface area contributed by atoms with Gasteiger partial charge in [0, 0.05) is 22.4 Å². The van der Waals surface area contributed by atoms with Gasteiger partial charge in [-0.3, -0.25) is 4.79 Å². The van der Waals surface area contributed by atoms with Crippen LogP contribution in [0.15, 0.2) is 17.0 Å². The van der Waals surface area contributed by atoms with Crippen LogP contribution in [0.3, 0.4) is 0 Å². The number of fused-ring (bicyclic) bond motifs is 1. The lowest BCUT2D eigenvalue weighted by atomic mass is 10.1. The molecule has 2 rings (SSSR count). The molecule has 1 aromatic carbocycles. The minimum atomic E-state index is 0.162. The van der Waals surface area contributed by atoms with Crippen molar-refractivity contribution in [2.45, 2.75) is 17.7 Å². The largest absolute Gasteiger partial charge is 0.508 e. The van der Waals surface area contributed by atoms with Gasteiger partial charge in [0.25, 0.3) is 0 Å². The van der Waals surface area contributed by atoms with Crippen LogP contribution in [0.1, 0.15) is 22.3 Å². The van der Waals surface area contributed by atoms with E-state index < -0.39 is 0 Å². The van der Waals surface area contributed by atoms with Gasteiger partial charge in [-0.05, 0) is 24.8 Å². The second-order valence-corrected chi connectivity index (χ2v) is 3.91. The van der Waals surface area contributed by atoms with Crippen molar-refractivity contribution in [3.05, 3.63) is 23.3 Å². The fourth-order valence-corrected chi connectivity index (χ4v) is 2.35. The number of Topliss-reactive ketones (excluding diaryl/α,β-unsaturated/α-hetero) is 1. The Bertz CT molecular complexity index is 371. The summed E-state index contributed by atoms with van der Waals surface area (Å²) in [4.78, 5) is 12.5. The third-order valence-electron chi connectivity index (χ3n) is 2.35. The van der Waals surface area contributed by atoms with Gasteiger partial charge in [0.05, 0.1) is 0 Å². The van der Waals surface area contributed by atoms with Gasteiger partial charge in [-0.15, -0.1) is 11.8 Å². The fourth-order valence-electron chi connectivity index (χ4n) is 1.71. The summed E-state index contributed by atoms with van der Waals surface area (Å²) in [5, 5.41) is 9.51. The van der Waals surface area contributed by atoms with Crippen LogP contribution in [0.5, 0.6) is 5.75 Å². The highest BCUT2D eigenvalue weighted by Crippen LogP contribution is 2.35. The van der Waals surface area contributed by atoms with Crippen molar-refractivity contribution in [1.82, 2.24) is 0 Å². The molecular formula is C10H10O2S. The summed E-state index contributed by atoms with van der Waals surface area (Å²) < 4.78 is 0. The second-order valence-electron chi connectivity index (χ2n) is 3.06. The van der Waals surface area contributed by atoms with Crippen LogP contribution in [0.2, 0.25) is 0 Å². The first kappa shape index (κ1) is 8.63. The van der Waals surface area contributed by atoms with Gasteiger partial charge in [0.1, 0.15) is 5.75 Å². The maximum absolute atomic E-state index is 11.5. The number of hydrogen-bond acceptors (Lipinski definition) is 3. The van der Waals surface area contributed by atoms with Gasteiger partial charge < -0.3 is 5.11 Å². The summed E-state index contributed by atoms with van der Waals surface area (Å²) in [6.45, 7) is 0. The van der Waals surface area contributed by atoms with Crippen molar-refractivity contribution < 1.29 is 9.90 Å². The third-order valence-corrected chi connectivity index (χ3v) is 3.13. The van der Waals surface area contributed by atoms with E-state index in [0.29, 0.717) is 12.8 Å². The Kier molecular flexibility index (Phi) is 2.04. The van der Waals surface area contributed by atoms with Crippen LogP contribution in [-0.2, 0) is 6.42 Å². The predicted octanol–water partition coefficient (Wildman–Crippen LogP) is 2.24. The van der Waals surface area contributed by atoms with E-state index in [9.17, 15) is 9.90 Å². The summed E-state index contributed by atoms with van der Waals surface area (Å²) in [7, 11) is 0. The molecular weight excluding hydrogens is 184 g/mol. The summed E-state index contributed by atoms with van der Waals surface area (Å²) in [6, 6.07) is 3.48. The smallest absolute Gasteiger partial charge is 0.164 e. The lowest BCUT2D eigenvalue weighted by Gasteiger charge is -2.05. The molecule has 0 saturated heterocycles. The molecule has 0 radical (unpaired) electrons. The first-order valence-electron chi connectivity index (χ1n) is 4.16. The molecule has 0 aromatic heterocycles. The minimum absolute atomic E-state index is 0.162. The normalized spacial score (nSPS) is 14.7. The molecule has 3 heteroatoms. The Balaban J connectivity index is 2.66. The molecule has 0 heterocycles. The third kappa shape index (κ3) is 1.23. The SMILES string of the molecule is CSc1ccc(O)c2c1C(=O)CC2. The lowest BCUT2D eigenvalue weighted by molar-refractivity contribution is 0.0992. The molecule has 0 amide bonds. The molecule has 1 aliphatic rings. The van der Waals surface area contributed by atoms with Gasteiger partial charge >= 0.3 is 0 Å². The summed E-state index contributed by atoms with van der Waals surface area (Å²) >= 11 is 1.55. The first-order valence-corrected chi connectivity index (χ1v) is 5.38. The Labute approximate surface area is 81.0 Å². The number of aromatic hydroxyl groups is 1. The fraction of sp³-hybridized carbons (Fsp3) is 0.300. The Morgan fingerprint density at radius 3 is 2.85 bits per heavy atom. The van der Waals surface area contributed by atoms with E-state index in [0.717, 1.165) is 16.0 Å². The molecule has 0 spiro atoms. The Hall–Kier alpha value is -0.960. The number of carbonyl (C=O) groups excluding carboxylic acids is 1. The summed E-state index contributed by atoms with van der Waals surface area (Å²) in [5.74, 6) is 0.425. The number of rotatable bonds is 1. The molecule has 0 aliphatic heterocycles. The van der Waals surface area contributed by atoms with Gasteiger partial charge in [-0.1, -0.05) is 0 Å². The topological polar surface area (TPSA) is 37.3 Å². The van der Waals surface area contributed by atoms with Gasteiger partial charge in [-0.25, -0.2) is 0 Å². The maximum Gasteiger partial charge on any atom is 0.164 e. The van der Waals surface area contributed by atoms with Gasteiger partial charge in [0.15, 0.2) is 5.78 Å². The molecule has 1 aromatic rings. The number of hydrogen-bond donors (Lipinski definition) is 1. The zero-order valence-corrected chi connectivity index (χ0v) is 8.15. The molecule has 0 saturated carbocycles. The van der Waals surface area contributed by atoms with Crippen molar-refractivity contribution in [3.63, 3.8) is 0 Å². The molecule has 1 aliphatic carbocycles. The number of phenols is 1. The van der Waals surface area contributed by atoms with E-state index in [1.165, 1.54) is 0 Å². The number of ketones is 1. The van der Waals surface area contributed by atoms with E-state index in [1.54, 1.807) is 17.8 Å². The maximum atomic E-state index is 11.5. The Morgan fingerprint density at radius 2 is 2.15 bits per heavy atom. The molecule has 0 bridgehead atoms. The molecule has 1 N–H and O–H groups in total. The van der Waals surface area contributed by atoms with Crippen molar-refractivity contribution >= 4 is 17.5 Å². The van der Waals surface area contributed by atoms with Crippen LogP contribution in [0.25, 0.3) is 0 Å². The van der Waals surface area contributed by atoms with Crippen LogP contribution < -0.4 is 0 Å². The highest BCUT2D eigenvalue weighted by Gasteiger charge is 2.25. The van der Waals surface area contributed by atoms with Gasteiger partial charge in [-0.2, -0.15) is 0 Å². The molecule has 2 nitrogen and oxygen atoms in total. The monoisotopic (exact) mass is 194 g/mol. The average molecular weight is 194 g/mol. The number of phenolic OH excluding ortho intramolecular Hbond substituents is 1. The zero-order valence-electron chi connectivity index (χ0n) is 7.33. The zero-order chi connectivity index (χ0) is 9.42. The van der Waals surface area contributed by atoms with Gasteiger partial charge in [0.2, 0.25) is 0 Å². The summed E-state index contributed by atoms with van der Waals surface area (Å²) in [5.41, 5.74) is 1.57. The number of carbonyl (C=O) groups is 1. The van der Waals surface area contributed by atoms with E-state index in [2.05, 4.69) is 0 Å². The van der Waals surface area contributed by atoms with E-state index in [-0.39, 0.29) is 11.5 Å². The van der Waals surface area contributed by atoms with E-state index in [4.69, 9.17) is 0 Å². The highest BCUT2D eigenvalue weighted by atomic mass is 32.2. The quantitative estimate of drug-likeness (QED) is 0.697. The second kappa shape index (κ2) is 3.07. The average Bonchev–Trinajstić information content (AvgIpc) is 2.51. The summed E-state index contributed by atoms with van der Waals surface area (Å²) in [6.07, 6.45) is 3.17. The Morgan fingerprint density at radius 1 is 1.38 bits per heavy atom. The number of thioether (sulfide) groups is 1. The van der Waals surface area contributed by atoms with Crippen molar-refractivity contribution in [2.75, 3.05) is 6.26 Å². The van der Waals surface area contributed by atoms with Crippen molar-refractivity contribution in [3.8, 4) is 5.75 Å². The van der Waals surface area contributed by atoms with Crippen LogP contribution >= 0.6 is 11.8 Å². The predicted molar refractivity (Wildman–Crippen MR) is 52.5 cm³/mol. The van der Waals surface area contributed by atoms with Crippen LogP contribution in [-0.4, -0.2) is 17.1 Å².